The van der Waals surface area contributed by atoms with Crippen molar-refractivity contribution in [3.05, 3.63) is 57.8 Å². The fourth-order valence-electron chi connectivity index (χ4n) is 3.97. The molecule has 3 rings (SSSR count). The van der Waals surface area contributed by atoms with Crippen LogP contribution in [0.4, 0.5) is 0 Å². The molecule has 1 aromatic heterocycles. The number of carbonyl (C=O) groups is 2. The van der Waals surface area contributed by atoms with E-state index in [4.69, 9.17) is 10.5 Å². The number of halogens is 1. The number of nitrogens with one attached hydrogen (secondary N) is 2. The molecule has 3 atom stereocenters. The Balaban J connectivity index is 1.63. The van der Waals surface area contributed by atoms with Gasteiger partial charge in [-0.1, -0.05) is 47.1 Å². The van der Waals surface area contributed by atoms with E-state index in [1.165, 1.54) is 6.92 Å². The number of benzene rings is 1. The molecule has 2 aromatic rings. The third kappa shape index (κ3) is 7.22. The lowest BCUT2D eigenvalue weighted by Gasteiger charge is -2.36. The number of hydrogen-bond acceptors (Lipinski definition) is 6. The maximum Gasteiger partial charge on any atom is 0.247 e. The maximum absolute atomic E-state index is 12.9. The summed E-state index contributed by atoms with van der Waals surface area (Å²) in [6.45, 7) is 6.39. The molecule has 0 unspecified atom stereocenters. The fraction of sp³-hybridized carbons (Fsp3) is 0.500. The van der Waals surface area contributed by atoms with E-state index in [1.807, 2.05) is 44.3 Å². The maximum atomic E-state index is 12.9. The van der Waals surface area contributed by atoms with Crippen molar-refractivity contribution >= 4 is 27.7 Å². The number of aromatic nitrogens is 3. The van der Waals surface area contributed by atoms with Gasteiger partial charge >= 0.3 is 0 Å². The first kappa shape index (κ1) is 26.1. The molecule has 0 aliphatic heterocycles. The zero-order valence-corrected chi connectivity index (χ0v) is 21.4. The van der Waals surface area contributed by atoms with Crippen LogP contribution in [0.1, 0.15) is 51.3 Å². The smallest absolute Gasteiger partial charge is 0.247 e. The number of rotatable bonds is 10. The molecular weight excluding hydrogens is 500 g/mol. The summed E-state index contributed by atoms with van der Waals surface area (Å²) in [6, 6.07) is 7.18. The quantitative estimate of drug-likeness (QED) is 0.431. The molecule has 1 aliphatic rings. The van der Waals surface area contributed by atoms with Crippen LogP contribution < -0.4 is 16.4 Å². The van der Waals surface area contributed by atoms with Crippen LogP contribution in [-0.4, -0.2) is 51.1 Å². The van der Waals surface area contributed by atoms with Gasteiger partial charge < -0.3 is 21.1 Å². The molecule has 184 valence electrons. The van der Waals surface area contributed by atoms with Crippen LogP contribution in [0.5, 0.6) is 0 Å². The van der Waals surface area contributed by atoms with Crippen LogP contribution >= 0.6 is 15.9 Å². The van der Waals surface area contributed by atoms with E-state index in [-0.39, 0.29) is 30.5 Å². The Hall–Kier alpha value is -2.56. The molecule has 0 saturated heterocycles. The van der Waals surface area contributed by atoms with Crippen LogP contribution in [-0.2, 0) is 27.4 Å². The summed E-state index contributed by atoms with van der Waals surface area (Å²) in [4.78, 5) is 24.6. The number of carbonyl (C=O) groups excluding carboxylic acids is 2. The van der Waals surface area contributed by atoms with Crippen molar-refractivity contribution in [2.75, 3.05) is 0 Å². The highest BCUT2D eigenvalue weighted by Gasteiger charge is 2.35. The van der Waals surface area contributed by atoms with E-state index >= 15 is 0 Å². The van der Waals surface area contributed by atoms with Gasteiger partial charge in [-0.2, -0.15) is 0 Å². The van der Waals surface area contributed by atoms with E-state index in [0.29, 0.717) is 24.2 Å². The average Bonchev–Trinajstić information content (AvgIpc) is 3.26. The summed E-state index contributed by atoms with van der Waals surface area (Å²) >= 11 is 3.43. The van der Waals surface area contributed by atoms with E-state index in [2.05, 4.69) is 36.9 Å². The Bertz CT molecular complexity index is 1000. The highest BCUT2D eigenvalue weighted by atomic mass is 79.9. The van der Waals surface area contributed by atoms with Gasteiger partial charge in [0.2, 0.25) is 11.8 Å². The lowest BCUT2D eigenvalue weighted by Crippen LogP contribution is -2.57. The van der Waals surface area contributed by atoms with Gasteiger partial charge in [0.05, 0.1) is 37.5 Å². The molecule has 10 heteroatoms. The van der Waals surface area contributed by atoms with Gasteiger partial charge in [0, 0.05) is 23.0 Å². The lowest BCUT2D eigenvalue weighted by atomic mass is 9.87. The van der Waals surface area contributed by atoms with Crippen LogP contribution in [0.2, 0.25) is 0 Å². The van der Waals surface area contributed by atoms with E-state index in [9.17, 15) is 9.59 Å². The molecule has 0 radical (unpaired) electrons. The van der Waals surface area contributed by atoms with Gasteiger partial charge in [0.1, 0.15) is 5.69 Å². The highest BCUT2D eigenvalue weighted by molar-refractivity contribution is 9.10. The molecule has 0 fully saturated rings. The minimum atomic E-state index is -0.468. The Kier molecular flexibility index (Phi) is 9.37. The minimum Gasteiger partial charge on any atom is -0.369 e. The fourth-order valence-corrected chi connectivity index (χ4v) is 4.24. The molecule has 0 spiro atoms. The van der Waals surface area contributed by atoms with Gasteiger partial charge in [0.15, 0.2) is 0 Å². The van der Waals surface area contributed by atoms with Gasteiger partial charge in [-0.05, 0) is 43.0 Å². The van der Waals surface area contributed by atoms with Crippen LogP contribution in [0.25, 0.3) is 0 Å². The molecule has 0 bridgehead atoms. The molecular formula is C24H33BrN6O3. The average molecular weight is 533 g/mol. The lowest BCUT2D eigenvalue weighted by molar-refractivity contribution is -0.121. The Morgan fingerprint density at radius 2 is 1.97 bits per heavy atom. The van der Waals surface area contributed by atoms with Crippen molar-refractivity contribution in [2.45, 2.75) is 77.4 Å². The van der Waals surface area contributed by atoms with E-state index in [0.717, 1.165) is 22.9 Å². The number of ether oxygens (including phenoxy) is 1. The second kappa shape index (κ2) is 12.2. The summed E-state index contributed by atoms with van der Waals surface area (Å²) in [6.07, 6.45) is 5.17. The Labute approximate surface area is 208 Å². The van der Waals surface area contributed by atoms with Crippen molar-refractivity contribution < 1.29 is 14.3 Å². The number of nitrogens with zero attached hydrogens (tertiary/aromatic N) is 3. The zero-order valence-electron chi connectivity index (χ0n) is 19.8. The van der Waals surface area contributed by atoms with Crippen LogP contribution in [0, 0.1) is 0 Å². The highest BCUT2D eigenvalue weighted by Crippen LogP contribution is 2.23. The third-order valence-electron chi connectivity index (χ3n) is 5.83. The molecule has 34 heavy (non-hydrogen) atoms. The van der Waals surface area contributed by atoms with Crippen LogP contribution in [0.3, 0.4) is 0 Å². The standard InChI is InChI=1S/C24H33BrN6O3/c1-4-20(5-2)34-22-11-17(10-21(26)23(22)28-15(3)32)24(33)27-12-19-14-31(30-29-19)13-16-6-8-18(25)9-7-16/h6-9,11,14,20-23H,4-5,10,12-13,26H2,1-3H3,(H,27,33)(H,28,32)/t21-,22+,23+/m0/s1. The third-order valence-corrected chi connectivity index (χ3v) is 6.36. The summed E-state index contributed by atoms with van der Waals surface area (Å²) in [5.41, 5.74) is 8.66. The van der Waals surface area contributed by atoms with Crippen LogP contribution in [0.15, 0.2) is 46.6 Å². The second-order valence-electron chi connectivity index (χ2n) is 8.54. The predicted octanol–water partition coefficient (Wildman–Crippen LogP) is 2.44. The summed E-state index contributed by atoms with van der Waals surface area (Å²) in [5.74, 6) is -0.400. The van der Waals surface area contributed by atoms with E-state index in [1.54, 1.807) is 10.8 Å². The first-order valence-electron chi connectivity index (χ1n) is 11.6. The number of amides is 2. The number of nitrogens with two attached hydrogens (primary N) is 1. The van der Waals surface area contributed by atoms with Crippen molar-refractivity contribution in [3.63, 3.8) is 0 Å². The summed E-state index contributed by atoms with van der Waals surface area (Å²) < 4.78 is 8.96. The number of hydrogen-bond donors (Lipinski definition) is 3. The molecule has 2 amide bonds. The van der Waals surface area contributed by atoms with Gasteiger partial charge in [-0.15, -0.1) is 5.10 Å². The SMILES string of the molecule is CCC(CC)O[C@@H]1C=C(C(=O)NCc2cn(Cc3ccc(Br)cc3)nn2)C[C@H](N)[C@H]1NC(C)=O. The van der Waals surface area contributed by atoms with Crippen molar-refractivity contribution in [1.82, 2.24) is 25.6 Å². The molecule has 1 heterocycles. The molecule has 1 aromatic carbocycles. The molecule has 0 saturated carbocycles. The molecule has 1 aliphatic carbocycles. The topological polar surface area (TPSA) is 124 Å². The van der Waals surface area contributed by atoms with Gasteiger partial charge in [0.25, 0.3) is 0 Å². The van der Waals surface area contributed by atoms with Crippen molar-refractivity contribution in [2.24, 2.45) is 5.73 Å². The first-order valence-corrected chi connectivity index (χ1v) is 12.4. The normalized spacial score (nSPS) is 20.2. The zero-order chi connectivity index (χ0) is 24.7. The molecule has 9 nitrogen and oxygen atoms in total. The minimum absolute atomic E-state index is 0.0212. The summed E-state index contributed by atoms with van der Waals surface area (Å²) in [7, 11) is 0. The van der Waals surface area contributed by atoms with Gasteiger partial charge in [-0.25, -0.2) is 4.68 Å². The predicted molar refractivity (Wildman–Crippen MR) is 133 cm³/mol. The van der Waals surface area contributed by atoms with E-state index < -0.39 is 12.1 Å². The second-order valence-corrected chi connectivity index (χ2v) is 9.46. The van der Waals surface area contributed by atoms with Crippen molar-refractivity contribution in [3.8, 4) is 0 Å². The largest absolute Gasteiger partial charge is 0.369 e. The molecule has 4 N–H and O–H groups in total. The Morgan fingerprint density at radius 3 is 2.62 bits per heavy atom. The monoisotopic (exact) mass is 532 g/mol. The first-order chi connectivity index (χ1) is 16.3. The summed E-state index contributed by atoms with van der Waals surface area (Å²) in [5, 5.41) is 14.1. The van der Waals surface area contributed by atoms with Crippen molar-refractivity contribution in [1.29, 1.82) is 0 Å². The van der Waals surface area contributed by atoms with Gasteiger partial charge in [-0.3, -0.25) is 9.59 Å². The Morgan fingerprint density at radius 1 is 1.26 bits per heavy atom.